The van der Waals surface area contributed by atoms with Crippen molar-refractivity contribution < 1.29 is 9.66 Å². The van der Waals surface area contributed by atoms with E-state index in [1.165, 1.54) is 18.3 Å². The Morgan fingerprint density at radius 3 is 2.60 bits per heavy atom. The zero-order chi connectivity index (χ0) is 14.5. The smallest absolute Gasteiger partial charge is 0.274 e. The lowest BCUT2D eigenvalue weighted by atomic mass is 10.2. The van der Waals surface area contributed by atoms with Crippen molar-refractivity contribution >= 4 is 11.5 Å². The van der Waals surface area contributed by atoms with Gasteiger partial charge in [-0.2, -0.15) is 0 Å². The molecule has 0 N–H and O–H groups in total. The van der Waals surface area contributed by atoms with E-state index in [4.69, 9.17) is 4.74 Å². The second-order valence-electron chi connectivity index (χ2n) is 4.24. The van der Waals surface area contributed by atoms with Gasteiger partial charge in [-0.1, -0.05) is 30.3 Å². The number of methoxy groups -OCH3 is 1. The van der Waals surface area contributed by atoms with E-state index >= 15 is 0 Å². The highest BCUT2D eigenvalue weighted by Gasteiger charge is 2.19. The minimum atomic E-state index is -0.441. The number of benzene rings is 1. The maximum Gasteiger partial charge on any atom is 0.274 e. The number of ether oxygens (including phenoxy) is 1. The number of hydrogen-bond acceptors (Lipinski definition) is 5. The molecule has 1 unspecified atom stereocenters. The van der Waals surface area contributed by atoms with Crippen LogP contribution in [0.15, 0.2) is 48.7 Å². The van der Waals surface area contributed by atoms with Gasteiger partial charge in [0.05, 0.1) is 11.0 Å². The molecular weight excluding hydrogens is 258 g/mol. The molecule has 2 aromatic rings. The summed E-state index contributed by atoms with van der Waals surface area (Å²) < 4.78 is 5.47. The lowest BCUT2D eigenvalue weighted by Gasteiger charge is -2.27. The molecule has 2 rings (SSSR count). The predicted molar refractivity (Wildman–Crippen MR) is 75.5 cm³/mol. The molecule has 0 saturated carbocycles. The van der Waals surface area contributed by atoms with Crippen molar-refractivity contribution in [3.8, 4) is 0 Å². The molecule has 1 atom stereocenters. The Labute approximate surface area is 116 Å². The van der Waals surface area contributed by atoms with Gasteiger partial charge in [0.25, 0.3) is 5.69 Å². The van der Waals surface area contributed by atoms with Crippen LogP contribution in [-0.4, -0.2) is 24.1 Å². The molecule has 1 aromatic carbocycles. The molecule has 1 aromatic heterocycles. The van der Waals surface area contributed by atoms with Crippen LogP contribution in [0.2, 0.25) is 0 Å². The van der Waals surface area contributed by atoms with Gasteiger partial charge in [-0.15, -0.1) is 0 Å². The number of nitrogens with zero attached hydrogens (tertiary/aromatic N) is 3. The third kappa shape index (κ3) is 2.92. The third-order valence-corrected chi connectivity index (χ3v) is 2.96. The zero-order valence-corrected chi connectivity index (χ0v) is 11.3. The molecule has 0 aliphatic rings. The van der Waals surface area contributed by atoms with Gasteiger partial charge in [0.2, 0.25) is 0 Å². The van der Waals surface area contributed by atoms with Crippen LogP contribution in [0.1, 0.15) is 11.8 Å². The molecule has 0 bridgehead atoms. The fourth-order valence-corrected chi connectivity index (χ4v) is 1.97. The Morgan fingerprint density at radius 1 is 1.30 bits per heavy atom. The van der Waals surface area contributed by atoms with Crippen molar-refractivity contribution in [3.05, 3.63) is 64.3 Å². The summed E-state index contributed by atoms with van der Waals surface area (Å²) in [5, 5.41) is 10.8. The number of aromatic nitrogens is 1. The Morgan fingerprint density at radius 2 is 2.00 bits per heavy atom. The summed E-state index contributed by atoms with van der Waals surface area (Å²) in [7, 11) is 3.37. The molecule has 0 spiro atoms. The number of rotatable bonds is 5. The normalized spacial score (nSPS) is 11.9. The van der Waals surface area contributed by atoms with Crippen molar-refractivity contribution in [2.75, 3.05) is 19.1 Å². The topological polar surface area (TPSA) is 68.5 Å². The summed E-state index contributed by atoms with van der Waals surface area (Å²) in [6, 6.07) is 12.4. The van der Waals surface area contributed by atoms with Crippen molar-refractivity contribution in [2.45, 2.75) is 6.23 Å². The van der Waals surface area contributed by atoms with Crippen molar-refractivity contribution in [2.24, 2.45) is 0 Å². The van der Waals surface area contributed by atoms with E-state index in [0.717, 1.165) is 5.56 Å². The molecule has 104 valence electrons. The number of nitro groups is 1. The molecule has 1 heterocycles. The van der Waals surface area contributed by atoms with Crippen molar-refractivity contribution in [1.82, 2.24) is 4.98 Å². The molecule has 6 heteroatoms. The van der Waals surface area contributed by atoms with Gasteiger partial charge in [-0.3, -0.25) is 10.1 Å². The summed E-state index contributed by atoms with van der Waals surface area (Å²) >= 11 is 0. The number of hydrogen-bond donors (Lipinski definition) is 0. The SMILES string of the molecule is COC(c1ccccc1)N(C)c1cc([N+](=O)[O-])ccn1. The lowest BCUT2D eigenvalue weighted by molar-refractivity contribution is -0.384. The average Bonchev–Trinajstić information content (AvgIpc) is 2.49. The molecule has 0 aliphatic heterocycles. The van der Waals surface area contributed by atoms with Crippen LogP contribution in [-0.2, 0) is 4.74 Å². The van der Waals surface area contributed by atoms with Gasteiger partial charge in [0, 0.05) is 32.0 Å². The molecule has 0 amide bonds. The quantitative estimate of drug-likeness (QED) is 0.476. The fourth-order valence-electron chi connectivity index (χ4n) is 1.97. The summed E-state index contributed by atoms with van der Waals surface area (Å²) in [4.78, 5) is 16.3. The highest BCUT2D eigenvalue weighted by molar-refractivity contribution is 5.47. The zero-order valence-electron chi connectivity index (χ0n) is 11.3. The maximum absolute atomic E-state index is 10.8. The minimum absolute atomic E-state index is 0.00441. The molecule has 0 aliphatic carbocycles. The van der Waals surface area contributed by atoms with E-state index in [2.05, 4.69) is 4.98 Å². The van der Waals surface area contributed by atoms with Gasteiger partial charge in [-0.25, -0.2) is 4.98 Å². The molecule has 0 radical (unpaired) electrons. The van der Waals surface area contributed by atoms with Crippen LogP contribution in [0, 0.1) is 10.1 Å². The standard InChI is InChI=1S/C14H15N3O3/c1-16(13-10-12(17(18)19)8-9-15-13)14(20-2)11-6-4-3-5-7-11/h3-10,14H,1-2H3. The van der Waals surface area contributed by atoms with Crippen molar-refractivity contribution in [1.29, 1.82) is 0 Å². The lowest BCUT2D eigenvalue weighted by Crippen LogP contribution is -2.26. The first-order valence-electron chi connectivity index (χ1n) is 6.04. The van der Waals surface area contributed by atoms with Crippen LogP contribution in [0.5, 0.6) is 0 Å². The molecule has 6 nitrogen and oxygen atoms in total. The van der Waals surface area contributed by atoms with Crippen molar-refractivity contribution in [3.63, 3.8) is 0 Å². The number of anilines is 1. The van der Waals surface area contributed by atoms with E-state index in [9.17, 15) is 10.1 Å². The van der Waals surface area contributed by atoms with Gasteiger partial charge < -0.3 is 9.64 Å². The summed E-state index contributed by atoms with van der Waals surface area (Å²) in [5.74, 6) is 0.481. The average molecular weight is 273 g/mol. The Hall–Kier alpha value is -2.47. The molecule has 20 heavy (non-hydrogen) atoms. The highest BCUT2D eigenvalue weighted by Crippen LogP contribution is 2.26. The van der Waals surface area contributed by atoms with Crippen LogP contribution in [0.3, 0.4) is 0 Å². The van der Waals surface area contributed by atoms with Gasteiger partial charge in [0.1, 0.15) is 5.82 Å². The first-order chi connectivity index (χ1) is 9.63. The fraction of sp³-hybridized carbons (Fsp3) is 0.214. The Bertz CT molecular complexity index is 589. The second kappa shape index (κ2) is 6.12. The predicted octanol–water partition coefficient (Wildman–Crippen LogP) is 2.77. The highest BCUT2D eigenvalue weighted by atomic mass is 16.6. The summed E-state index contributed by atoms with van der Waals surface area (Å²) in [5.41, 5.74) is 0.954. The van der Waals surface area contributed by atoms with E-state index in [1.54, 1.807) is 19.1 Å². The van der Waals surface area contributed by atoms with Crippen LogP contribution in [0.25, 0.3) is 0 Å². The van der Waals surface area contributed by atoms with Crippen LogP contribution in [0.4, 0.5) is 11.5 Å². The first kappa shape index (κ1) is 14.0. The van der Waals surface area contributed by atoms with Gasteiger partial charge in [-0.05, 0) is 0 Å². The number of pyridine rings is 1. The van der Waals surface area contributed by atoms with E-state index in [1.807, 2.05) is 30.3 Å². The van der Waals surface area contributed by atoms with Gasteiger partial charge >= 0.3 is 0 Å². The minimum Gasteiger partial charge on any atom is -0.357 e. The summed E-state index contributed by atoms with van der Waals surface area (Å²) in [6.45, 7) is 0. The first-order valence-corrected chi connectivity index (χ1v) is 6.04. The Kier molecular flexibility index (Phi) is 4.27. The molecule has 0 saturated heterocycles. The third-order valence-electron chi connectivity index (χ3n) is 2.96. The van der Waals surface area contributed by atoms with Crippen LogP contribution < -0.4 is 4.90 Å². The van der Waals surface area contributed by atoms with E-state index < -0.39 is 4.92 Å². The largest absolute Gasteiger partial charge is 0.357 e. The Balaban J connectivity index is 2.31. The van der Waals surface area contributed by atoms with Crippen LogP contribution >= 0.6 is 0 Å². The van der Waals surface area contributed by atoms with Gasteiger partial charge in [0.15, 0.2) is 6.23 Å². The van der Waals surface area contributed by atoms with E-state index in [-0.39, 0.29) is 11.9 Å². The molecule has 0 fully saturated rings. The molecular formula is C14H15N3O3. The second-order valence-corrected chi connectivity index (χ2v) is 4.24. The summed E-state index contributed by atoms with van der Waals surface area (Å²) in [6.07, 6.45) is 1.06. The monoisotopic (exact) mass is 273 g/mol. The maximum atomic E-state index is 10.8. The van der Waals surface area contributed by atoms with E-state index in [0.29, 0.717) is 5.82 Å².